The Morgan fingerprint density at radius 3 is 2.04 bits per heavy atom. The molecule has 0 aliphatic heterocycles. The molecule has 3 nitrogen and oxygen atoms in total. The van der Waals surface area contributed by atoms with Crippen LogP contribution in [0.1, 0.15) is 39.5 Å². The SMILES string of the molecule is C[C@@H]1CCC2CC[C@H](C)C(O)C2C1O.[Ir].[c-]1ccccc1-c1ccccn1. The van der Waals surface area contributed by atoms with Gasteiger partial charge in [-0.2, -0.15) is 0 Å². The molecule has 2 aliphatic carbocycles. The maximum Gasteiger partial charge on any atom is 0.0621 e. The number of aliphatic hydroxyl groups is 2. The summed E-state index contributed by atoms with van der Waals surface area (Å²) in [4.78, 5) is 4.22. The number of fused-ring (bicyclic) bond motifs is 1. The van der Waals surface area contributed by atoms with Crippen molar-refractivity contribution in [3.05, 3.63) is 54.7 Å². The van der Waals surface area contributed by atoms with Crippen LogP contribution in [0, 0.1) is 29.7 Å². The smallest absolute Gasteiger partial charge is 0.0621 e. The number of aromatic nitrogens is 1. The van der Waals surface area contributed by atoms with Crippen LogP contribution in [0.4, 0.5) is 0 Å². The van der Waals surface area contributed by atoms with E-state index < -0.39 is 0 Å². The second kappa shape index (κ2) is 10.5. The van der Waals surface area contributed by atoms with Gasteiger partial charge in [-0.25, -0.2) is 0 Å². The van der Waals surface area contributed by atoms with Crippen LogP contribution >= 0.6 is 0 Å². The molecule has 2 saturated carbocycles. The molecule has 4 unspecified atom stereocenters. The molecule has 0 saturated heterocycles. The van der Waals surface area contributed by atoms with Crippen LogP contribution in [0.25, 0.3) is 11.3 Å². The van der Waals surface area contributed by atoms with E-state index in [1.54, 1.807) is 6.20 Å². The Labute approximate surface area is 176 Å². The molecule has 0 amide bonds. The Bertz CT molecular complexity index is 606. The van der Waals surface area contributed by atoms with E-state index in [9.17, 15) is 10.2 Å². The molecule has 1 aromatic carbocycles. The standard InChI is InChI=1S/C12H22O2.C11H8N.Ir/c1-7-3-5-9-6-4-8(2)12(14)10(9)11(7)13;1-2-6-10(7-3-1)11-8-4-5-9-12-11;/h7-14H,3-6H2,1-2H3;1-6,8-9H;/q;-1;/t7-,8+,9?,10?,11?,12?;;. The van der Waals surface area contributed by atoms with E-state index in [1.807, 2.05) is 42.5 Å². The van der Waals surface area contributed by atoms with E-state index in [2.05, 4.69) is 24.9 Å². The number of benzene rings is 1. The summed E-state index contributed by atoms with van der Waals surface area (Å²) in [5.41, 5.74) is 2.01. The van der Waals surface area contributed by atoms with Gasteiger partial charge in [-0.1, -0.05) is 26.0 Å². The molecule has 1 aromatic heterocycles. The Morgan fingerprint density at radius 1 is 0.889 bits per heavy atom. The summed E-state index contributed by atoms with van der Waals surface area (Å²) >= 11 is 0. The van der Waals surface area contributed by atoms with Crippen LogP contribution < -0.4 is 0 Å². The predicted octanol–water partition coefficient (Wildman–Crippen LogP) is 4.35. The van der Waals surface area contributed by atoms with Gasteiger partial charge >= 0.3 is 0 Å². The zero-order chi connectivity index (χ0) is 18.5. The van der Waals surface area contributed by atoms with Crippen LogP contribution in [0.15, 0.2) is 48.7 Å². The largest absolute Gasteiger partial charge is 0.392 e. The van der Waals surface area contributed by atoms with Crippen LogP contribution in [0.5, 0.6) is 0 Å². The third-order valence-electron chi connectivity index (χ3n) is 6.13. The maximum atomic E-state index is 10.1. The zero-order valence-corrected chi connectivity index (χ0v) is 18.5. The molecule has 1 radical (unpaired) electrons. The van der Waals surface area contributed by atoms with Gasteiger partial charge in [0, 0.05) is 32.2 Å². The molecule has 2 fully saturated rings. The average Bonchev–Trinajstić information content (AvgIpc) is 2.69. The second-order valence-corrected chi connectivity index (χ2v) is 7.92. The maximum absolute atomic E-state index is 10.1. The molecular weight excluding hydrogens is 514 g/mol. The molecule has 1 heterocycles. The van der Waals surface area contributed by atoms with Gasteiger partial charge < -0.3 is 15.2 Å². The van der Waals surface area contributed by atoms with Crippen molar-refractivity contribution in [1.29, 1.82) is 0 Å². The Morgan fingerprint density at radius 2 is 1.52 bits per heavy atom. The van der Waals surface area contributed by atoms with Crippen molar-refractivity contribution in [2.45, 2.75) is 51.7 Å². The Kier molecular flexibility index (Phi) is 8.62. The molecule has 0 spiro atoms. The van der Waals surface area contributed by atoms with E-state index in [1.165, 1.54) is 12.8 Å². The quantitative estimate of drug-likeness (QED) is 0.525. The number of pyridine rings is 1. The molecule has 2 aromatic rings. The molecule has 4 rings (SSSR count). The number of aliphatic hydroxyl groups excluding tert-OH is 2. The minimum absolute atomic E-state index is 0. The summed E-state index contributed by atoms with van der Waals surface area (Å²) in [5.74, 6) is 1.47. The fraction of sp³-hybridized carbons (Fsp3) is 0.522. The minimum atomic E-state index is -0.272. The van der Waals surface area contributed by atoms with Crippen molar-refractivity contribution in [2.24, 2.45) is 23.7 Å². The summed E-state index contributed by atoms with van der Waals surface area (Å²) < 4.78 is 0. The van der Waals surface area contributed by atoms with Gasteiger partial charge in [-0.15, -0.1) is 35.9 Å². The Balaban J connectivity index is 0.000000189. The average molecular weight is 545 g/mol. The van der Waals surface area contributed by atoms with Gasteiger partial charge in [0.25, 0.3) is 0 Å². The molecule has 0 bridgehead atoms. The first-order valence-electron chi connectivity index (χ1n) is 9.82. The summed E-state index contributed by atoms with van der Waals surface area (Å²) in [6.45, 7) is 4.21. The van der Waals surface area contributed by atoms with Crippen molar-refractivity contribution in [3.63, 3.8) is 0 Å². The normalized spacial score (nSPS) is 32.3. The van der Waals surface area contributed by atoms with Crippen molar-refractivity contribution in [1.82, 2.24) is 4.98 Å². The third-order valence-corrected chi connectivity index (χ3v) is 6.13. The number of rotatable bonds is 1. The van der Waals surface area contributed by atoms with Crippen molar-refractivity contribution in [2.75, 3.05) is 0 Å². The molecule has 2 N–H and O–H groups in total. The van der Waals surface area contributed by atoms with Crippen molar-refractivity contribution in [3.8, 4) is 11.3 Å². The molecule has 2 aliphatic rings. The van der Waals surface area contributed by atoms with Gasteiger partial charge in [0.1, 0.15) is 0 Å². The van der Waals surface area contributed by atoms with Crippen molar-refractivity contribution >= 4 is 0 Å². The number of nitrogens with zero attached hydrogens (tertiary/aromatic N) is 1. The van der Waals surface area contributed by atoms with E-state index in [0.29, 0.717) is 17.8 Å². The minimum Gasteiger partial charge on any atom is -0.392 e. The first-order chi connectivity index (χ1) is 12.6. The second-order valence-electron chi connectivity index (χ2n) is 7.92. The number of hydrogen-bond acceptors (Lipinski definition) is 3. The first-order valence-corrected chi connectivity index (χ1v) is 9.82. The van der Waals surface area contributed by atoms with Gasteiger partial charge in [-0.05, 0) is 55.2 Å². The molecule has 149 valence electrons. The van der Waals surface area contributed by atoms with Crippen LogP contribution in [-0.2, 0) is 20.1 Å². The summed E-state index contributed by atoms with van der Waals surface area (Å²) in [6.07, 6.45) is 5.90. The van der Waals surface area contributed by atoms with Gasteiger partial charge in [0.05, 0.1) is 12.2 Å². The summed E-state index contributed by atoms with van der Waals surface area (Å²) in [6, 6.07) is 16.8. The summed E-state index contributed by atoms with van der Waals surface area (Å²) in [7, 11) is 0. The van der Waals surface area contributed by atoms with E-state index in [-0.39, 0.29) is 38.2 Å². The molecule has 4 heteroatoms. The van der Waals surface area contributed by atoms with Crippen LogP contribution in [-0.4, -0.2) is 27.4 Å². The van der Waals surface area contributed by atoms with E-state index in [4.69, 9.17) is 0 Å². The number of hydrogen-bond donors (Lipinski definition) is 2. The van der Waals surface area contributed by atoms with Gasteiger partial charge in [0.15, 0.2) is 0 Å². The first kappa shape index (κ1) is 22.2. The predicted molar refractivity (Wildman–Crippen MR) is 104 cm³/mol. The third kappa shape index (κ3) is 5.48. The topological polar surface area (TPSA) is 53.4 Å². The molecule has 27 heavy (non-hydrogen) atoms. The van der Waals surface area contributed by atoms with Gasteiger partial charge in [-0.3, -0.25) is 0 Å². The van der Waals surface area contributed by atoms with E-state index >= 15 is 0 Å². The summed E-state index contributed by atoms with van der Waals surface area (Å²) in [5, 5.41) is 20.2. The van der Waals surface area contributed by atoms with Crippen LogP contribution in [0.3, 0.4) is 0 Å². The Hall–Kier alpha value is -1.06. The monoisotopic (exact) mass is 545 g/mol. The van der Waals surface area contributed by atoms with Gasteiger partial charge in [0.2, 0.25) is 0 Å². The van der Waals surface area contributed by atoms with Crippen molar-refractivity contribution < 1.29 is 30.3 Å². The van der Waals surface area contributed by atoms with Crippen LogP contribution in [0.2, 0.25) is 0 Å². The molecular formula is C23H30IrNO2-. The fourth-order valence-corrected chi connectivity index (χ4v) is 4.42. The fourth-order valence-electron chi connectivity index (χ4n) is 4.42. The van der Waals surface area contributed by atoms with E-state index in [0.717, 1.165) is 24.1 Å². The zero-order valence-electron chi connectivity index (χ0n) is 16.1. The molecule has 6 atom stereocenters.